The summed E-state index contributed by atoms with van der Waals surface area (Å²) in [4.78, 5) is 16.1. The quantitative estimate of drug-likeness (QED) is 0.743. The molecule has 1 atom stereocenters. The molecule has 0 fully saturated rings. The number of hydrogen-bond donors (Lipinski definition) is 2. The highest BCUT2D eigenvalue weighted by Gasteiger charge is 2.14. The Morgan fingerprint density at radius 3 is 3.00 bits per heavy atom. The van der Waals surface area contributed by atoms with Crippen LogP contribution in [0.15, 0.2) is 35.0 Å². The first-order valence-corrected chi connectivity index (χ1v) is 7.97. The molecule has 0 spiro atoms. The molecule has 7 nitrogen and oxygen atoms in total. The van der Waals surface area contributed by atoms with Crippen molar-refractivity contribution in [2.45, 2.75) is 19.4 Å². The van der Waals surface area contributed by atoms with Crippen LogP contribution in [0.5, 0.6) is 0 Å². The van der Waals surface area contributed by atoms with Crippen LogP contribution < -0.4 is 10.6 Å². The summed E-state index contributed by atoms with van der Waals surface area (Å²) in [5.41, 5.74) is 0.741. The average Bonchev–Trinajstić information content (AvgIpc) is 3.13. The van der Waals surface area contributed by atoms with Gasteiger partial charge in [-0.1, -0.05) is 11.6 Å². The minimum atomic E-state index is -0.261. The van der Waals surface area contributed by atoms with Crippen molar-refractivity contribution in [1.82, 2.24) is 25.4 Å². The van der Waals surface area contributed by atoms with Gasteiger partial charge in [0.25, 0.3) is 0 Å². The van der Waals surface area contributed by atoms with Crippen LogP contribution in [0.1, 0.15) is 24.6 Å². The molecule has 2 amide bonds. The van der Waals surface area contributed by atoms with E-state index in [0.717, 1.165) is 16.8 Å². The summed E-state index contributed by atoms with van der Waals surface area (Å²) in [6, 6.07) is 6.78. The normalized spacial score (nSPS) is 12.3. The Labute approximate surface area is 144 Å². The molecular weight excluding hydrogens is 330 g/mol. The van der Waals surface area contributed by atoms with Gasteiger partial charge in [-0.15, -0.1) is 0 Å². The van der Waals surface area contributed by atoms with E-state index in [1.165, 1.54) is 6.33 Å². The standard InChI is InChI=1S/C16H18ClN5O2/c1-10(14-8-11-7-12(17)3-4-13(11)24-14)21-16(23)18-6-5-15-19-9-20-22(15)2/h3-4,7-10H,5-6H2,1-2H3,(H2,18,21,23)/t10-/m0/s1. The monoisotopic (exact) mass is 347 g/mol. The van der Waals surface area contributed by atoms with Gasteiger partial charge in [0.1, 0.15) is 23.5 Å². The molecule has 3 aromatic rings. The highest BCUT2D eigenvalue weighted by Crippen LogP contribution is 2.26. The summed E-state index contributed by atoms with van der Waals surface area (Å²) in [7, 11) is 1.82. The lowest BCUT2D eigenvalue weighted by atomic mass is 10.2. The molecule has 0 aliphatic heterocycles. The molecule has 0 aliphatic rings. The van der Waals surface area contributed by atoms with Gasteiger partial charge < -0.3 is 15.1 Å². The van der Waals surface area contributed by atoms with Crippen LogP contribution in [-0.4, -0.2) is 27.3 Å². The predicted molar refractivity (Wildman–Crippen MR) is 90.9 cm³/mol. The maximum Gasteiger partial charge on any atom is 0.315 e. The molecule has 3 rings (SSSR count). The van der Waals surface area contributed by atoms with E-state index < -0.39 is 0 Å². The molecular formula is C16H18ClN5O2. The zero-order valence-corrected chi connectivity index (χ0v) is 14.2. The SMILES string of the molecule is C[C@H](NC(=O)NCCc1ncnn1C)c1cc2cc(Cl)ccc2o1. The van der Waals surface area contributed by atoms with Crippen molar-refractivity contribution in [3.63, 3.8) is 0 Å². The molecule has 126 valence electrons. The summed E-state index contributed by atoms with van der Waals surface area (Å²) in [6.07, 6.45) is 2.10. The van der Waals surface area contributed by atoms with Crippen molar-refractivity contribution < 1.29 is 9.21 Å². The van der Waals surface area contributed by atoms with Gasteiger partial charge in [-0.25, -0.2) is 9.78 Å². The molecule has 2 heterocycles. The van der Waals surface area contributed by atoms with Gasteiger partial charge in [0, 0.05) is 30.4 Å². The molecule has 1 aromatic carbocycles. The third-order valence-electron chi connectivity index (χ3n) is 3.71. The number of rotatable bonds is 5. The number of nitrogens with one attached hydrogen (secondary N) is 2. The molecule has 24 heavy (non-hydrogen) atoms. The summed E-state index contributed by atoms with van der Waals surface area (Å²) in [6.45, 7) is 2.34. The zero-order chi connectivity index (χ0) is 17.1. The third-order valence-corrected chi connectivity index (χ3v) is 3.95. The van der Waals surface area contributed by atoms with Crippen molar-refractivity contribution in [2.75, 3.05) is 6.54 Å². The average molecular weight is 348 g/mol. The van der Waals surface area contributed by atoms with E-state index in [0.29, 0.717) is 23.7 Å². The van der Waals surface area contributed by atoms with E-state index in [1.807, 2.05) is 32.2 Å². The van der Waals surface area contributed by atoms with E-state index in [1.54, 1.807) is 10.7 Å². The van der Waals surface area contributed by atoms with Gasteiger partial charge in [0.2, 0.25) is 0 Å². The Morgan fingerprint density at radius 1 is 1.42 bits per heavy atom. The van der Waals surface area contributed by atoms with Gasteiger partial charge in [-0.05, 0) is 31.2 Å². The van der Waals surface area contributed by atoms with E-state index in [4.69, 9.17) is 16.0 Å². The first-order chi connectivity index (χ1) is 11.5. The van der Waals surface area contributed by atoms with Crippen LogP contribution in [0.3, 0.4) is 0 Å². The largest absolute Gasteiger partial charge is 0.459 e. The number of hydrogen-bond acceptors (Lipinski definition) is 4. The van der Waals surface area contributed by atoms with Crippen LogP contribution in [0.25, 0.3) is 11.0 Å². The van der Waals surface area contributed by atoms with E-state index in [2.05, 4.69) is 20.7 Å². The Hall–Kier alpha value is -2.54. The minimum absolute atomic E-state index is 0.258. The van der Waals surface area contributed by atoms with E-state index in [-0.39, 0.29) is 12.1 Å². The maximum absolute atomic E-state index is 12.0. The fourth-order valence-electron chi connectivity index (χ4n) is 2.40. The first kappa shape index (κ1) is 16.3. The van der Waals surface area contributed by atoms with Crippen molar-refractivity contribution >= 4 is 28.6 Å². The molecule has 0 saturated carbocycles. The molecule has 0 aliphatic carbocycles. The smallest absolute Gasteiger partial charge is 0.315 e. The predicted octanol–water partition coefficient (Wildman–Crippen LogP) is 2.82. The van der Waals surface area contributed by atoms with Gasteiger partial charge >= 0.3 is 6.03 Å². The number of benzene rings is 1. The highest BCUT2D eigenvalue weighted by molar-refractivity contribution is 6.31. The second kappa shape index (κ2) is 6.92. The lowest BCUT2D eigenvalue weighted by molar-refractivity contribution is 0.236. The van der Waals surface area contributed by atoms with Crippen LogP contribution in [0, 0.1) is 0 Å². The first-order valence-electron chi connectivity index (χ1n) is 7.59. The third kappa shape index (κ3) is 3.68. The van der Waals surface area contributed by atoms with Gasteiger partial charge in [0.05, 0.1) is 6.04 Å². The topological polar surface area (TPSA) is 85.0 Å². The van der Waals surface area contributed by atoms with Crippen molar-refractivity contribution in [1.29, 1.82) is 0 Å². The number of aryl methyl sites for hydroxylation is 1. The summed E-state index contributed by atoms with van der Waals surface area (Å²) >= 11 is 5.97. The minimum Gasteiger partial charge on any atom is -0.459 e. The number of aromatic nitrogens is 3. The number of carbonyl (C=O) groups is 1. The van der Waals surface area contributed by atoms with E-state index in [9.17, 15) is 4.79 Å². The van der Waals surface area contributed by atoms with E-state index >= 15 is 0 Å². The molecule has 0 unspecified atom stereocenters. The number of fused-ring (bicyclic) bond motifs is 1. The van der Waals surface area contributed by atoms with Gasteiger partial charge in [0.15, 0.2) is 0 Å². The summed E-state index contributed by atoms with van der Waals surface area (Å²) < 4.78 is 7.42. The molecule has 0 saturated heterocycles. The number of halogens is 1. The van der Waals surface area contributed by atoms with Crippen molar-refractivity contribution in [3.05, 3.63) is 47.2 Å². The van der Waals surface area contributed by atoms with Gasteiger partial charge in [-0.2, -0.15) is 5.10 Å². The van der Waals surface area contributed by atoms with Crippen molar-refractivity contribution in [2.24, 2.45) is 7.05 Å². The number of urea groups is 1. The van der Waals surface area contributed by atoms with Gasteiger partial charge in [-0.3, -0.25) is 4.68 Å². The van der Waals surface area contributed by atoms with Crippen molar-refractivity contribution in [3.8, 4) is 0 Å². The highest BCUT2D eigenvalue weighted by atomic mass is 35.5. The Kier molecular flexibility index (Phi) is 4.71. The van der Waals surface area contributed by atoms with Crippen LogP contribution in [0.4, 0.5) is 4.79 Å². The number of furan rings is 1. The fourth-order valence-corrected chi connectivity index (χ4v) is 2.58. The zero-order valence-electron chi connectivity index (χ0n) is 13.4. The molecule has 8 heteroatoms. The number of carbonyl (C=O) groups excluding carboxylic acids is 1. The number of nitrogens with zero attached hydrogens (tertiary/aromatic N) is 3. The van der Waals surface area contributed by atoms with Crippen LogP contribution in [-0.2, 0) is 13.5 Å². The van der Waals surface area contributed by atoms with Crippen LogP contribution >= 0.6 is 11.6 Å². The Bertz CT molecular complexity index is 857. The Morgan fingerprint density at radius 2 is 2.25 bits per heavy atom. The second-order valence-electron chi connectivity index (χ2n) is 5.50. The second-order valence-corrected chi connectivity index (χ2v) is 5.94. The molecule has 2 N–H and O–H groups in total. The lowest BCUT2D eigenvalue weighted by Gasteiger charge is -2.12. The molecule has 0 radical (unpaired) electrons. The number of amides is 2. The summed E-state index contributed by atoms with van der Waals surface area (Å²) in [5.74, 6) is 1.49. The fraction of sp³-hybridized carbons (Fsp3) is 0.312. The maximum atomic E-state index is 12.0. The summed E-state index contributed by atoms with van der Waals surface area (Å²) in [5, 5.41) is 11.2. The molecule has 2 aromatic heterocycles. The molecule has 0 bridgehead atoms. The van der Waals surface area contributed by atoms with Crippen LogP contribution in [0.2, 0.25) is 5.02 Å². The Balaban J connectivity index is 1.54. The lowest BCUT2D eigenvalue weighted by Crippen LogP contribution is -2.38.